The van der Waals surface area contributed by atoms with Crippen LogP contribution in [-0.2, 0) is 16.0 Å². The van der Waals surface area contributed by atoms with Crippen molar-refractivity contribution >= 4 is 11.9 Å². The molecule has 1 heterocycles. The van der Waals surface area contributed by atoms with Gasteiger partial charge < -0.3 is 10.4 Å². The van der Waals surface area contributed by atoms with E-state index in [1.807, 2.05) is 12.1 Å². The van der Waals surface area contributed by atoms with Crippen molar-refractivity contribution in [2.75, 3.05) is 6.54 Å². The highest BCUT2D eigenvalue weighted by molar-refractivity contribution is 5.93. The van der Waals surface area contributed by atoms with Gasteiger partial charge in [0.15, 0.2) is 0 Å². The number of amides is 1. The number of aromatic nitrogens is 1. The molecule has 0 atom stereocenters. The molecule has 5 heteroatoms. The predicted molar refractivity (Wildman–Crippen MR) is 57.7 cm³/mol. The lowest BCUT2D eigenvalue weighted by molar-refractivity contribution is -0.131. The highest BCUT2D eigenvalue weighted by Gasteiger charge is 1.97. The van der Waals surface area contributed by atoms with E-state index in [0.717, 1.165) is 17.7 Å². The third-order valence-corrected chi connectivity index (χ3v) is 1.81. The van der Waals surface area contributed by atoms with Crippen LogP contribution in [0.4, 0.5) is 0 Å². The van der Waals surface area contributed by atoms with E-state index in [2.05, 4.69) is 10.3 Å². The van der Waals surface area contributed by atoms with Gasteiger partial charge >= 0.3 is 5.97 Å². The van der Waals surface area contributed by atoms with E-state index in [0.29, 0.717) is 13.0 Å². The maximum absolute atomic E-state index is 11.1. The van der Waals surface area contributed by atoms with Crippen molar-refractivity contribution < 1.29 is 14.7 Å². The monoisotopic (exact) mass is 220 g/mol. The summed E-state index contributed by atoms with van der Waals surface area (Å²) in [6, 6.07) is 3.73. The summed E-state index contributed by atoms with van der Waals surface area (Å²) in [6.07, 6.45) is 5.86. The molecule has 0 saturated carbocycles. The summed E-state index contributed by atoms with van der Waals surface area (Å²) in [5, 5.41) is 10.9. The van der Waals surface area contributed by atoms with Gasteiger partial charge in [-0.25, -0.2) is 4.79 Å². The predicted octanol–water partition coefficient (Wildman–Crippen LogP) is 0.381. The molecule has 0 aliphatic heterocycles. The molecule has 0 radical (unpaired) electrons. The highest BCUT2D eigenvalue weighted by Crippen LogP contribution is 1.95. The molecule has 2 N–H and O–H groups in total. The van der Waals surface area contributed by atoms with Gasteiger partial charge in [0.1, 0.15) is 0 Å². The Bertz CT molecular complexity index is 387. The number of hydrogen-bond donors (Lipinski definition) is 2. The summed E-state index contributed by atoms with van der Waals surface area (Å²) in [5.41, 5.74) is 1.02. The number of carboxylic acid groups (broad SMARTS) is 1. The molecule has 1 aromatic rings. The van der Waals surface area contributed by atoms with Crippen molar-refractivity contribution in [3.8, 4) is 0 Å². The largest absolute Gasteiger partial charge is 0.478 e. The standard InChI is InChI=1S/C11H12N2O3/c14-10(3-4-11(15)16)13-7-5-9-2-1-6-12-8-9/h1-4,6,8H,5,7H2,(H,13,14)(H,15,16)/b4-3+. The van der Waals surface area contributed by atoms with E-state index >= 15 is 0 Å². The summed E-state index contributed by atoms with van der Waals surface area (Å²) in [5.74, 6) is -1.55. The van der Waals surface area contributed by atoms with E-state index < -0.39 is 11.9 Å². The minimum atomic E-state index is -1.14. The molecule has 0 saturated heterocycles. The van der Waals surface area contributed by atoms with Gasteiger partial charge in [0.2, 0.25) is 5.91 Å². The van der Waals surface area contributed by atoms with Crippen molar-refractivity contribution in [2.24, 2.45) is 0 Å². The van der Waals surface area contributed by atoms with Gasteiger partial charge in [0.05, 0.1) is 0 Å². The van der Waals surface area contributed by atoms with Crippen LogP contribution >= 0.6 is 0 Å². The van der Waals surface area contributed by atoms with Gasteiger partial charge in [0.25, 0.3) is 0 Å². The summed E-state index contributed by atoms with van der Waals surface area (Å²) < 4.78 is 0. The molecule has 16 heavy (non-hydrogen) atoms. The Morgan fingerprint density at radius 1 is 1.44 bits per heavy atom. The fourth-order valence-electron chi connectivity index (χ4n) is 1.08. The van der Waals surface area contributed by atoms with Crippen LogP contribution in [0.3, 0.4) is 0 Å². The molecule has 5 nitrogen and oxygen atoms in total. The second kappa shape index (κ2) is 6.34. The van der Waals surface area contributed by atoms with E-state index in [4.69, 9.17) is 5.11 Å². The van der Waals surface area contributed by atoms with Crippen LogP contribution in [0.5, 0.6) is 0 Å². The number of hydrogen-bond acceptors (Lipinski definition) is 3. The number of aliphatic carboxylic acids is 1. The number of rotatable bonds is 5. The Morgan fingerprint density at radius 3 is 2.88 bits per heavy atom. The van der Waals surface area contributed by atoms with E-state index in [1.54, 1.807) is 12.4 Å². The number of carbonyl (C=O) groups excluding carboxylic acids is 1. The van der Waals surface area contributed by atoms with Crippen LogP contribution in [-0.4, -0.2) is 28.5 Å². The summed E-state index contributed by atoms with van der Waals surface area (Å²) >= 11 is 0. The first-order valence-corrected chi connectivity index (χ1v) is 4.76. The van der Waals surface area contributed by atoms with Crippen LogP contribution in [0.1, 0.15) is 5.56 Å². The first-order chi connectivity index (χ1) is 7.68. The minimum absolute atomic E-state index is 0.411. The number of pyridine rings is 1. The lowest BCUT2D eigenvalue weighted by atomic mass is 10.2. The molecule has 0 unspecified atom stereocenters. The van der Waals surface area contributed by atoms with Crippen molar-refractivity contribution in [3.63, 3.8) is 0 Å². The quantitative estimate of drug-likeness (QED) is 0.703. The zero-order chi connectivity index (χ0) is 11.8. The molecule has 1 amide bonds. The SMILES string of the molecule is O=C(O)/C=C/C(=O)NCCc1cccnc1. The lowest BCUT2D eigenvalue weighted by Crippen LogP contribution is -2.23. The van der Waals surface area contributed by atoms with Gasteiger partial charge in [-0.1, -0.05) is 6.07 Å². The van der Waals surface area contributed by atoms with E-state index in [-0.39, 0.29) is 0 Å². The molecule has 84 valence electrons. The number of carboxylic acids is 1. The third kappa shape index (κ3) is 4.90. The normalized spacial score (nSPS) is 10.2. The Hall–Kier alpha value is -2.17. The van der Waals surface area contributed by atoms with Gasteiger partial charge in [-0.05, 0) is 18.1 Å². The van der Waals surface area contributed by atoms with Crippen LogP contribution in [0.2, 0.25) is 0 Å². The van der Waals surface area contributed by atoms with Crippen LogP contribution in [0.25, 0.3) is 0 Å². The zero-order valence-electron chi connectivity index (χ0n) is 8.59. The average Bonchev–Trinajstić information content (AvgIpc) is 2.28. The summed E-state index contributed by atoms with van der Waals surface area (Å²) in [6.45, 7) is 0.453. The van der Waals surface area contributed by atoms with Crippen molar-refractivity contribution in [2.45, 2.75) is 6.42 Å². The van der Waals surface area contributed by atoms with E-state index in [1.165, 1.54) is 0 Å². The molecule has 0 aliphatic rings. The lowest BCUT2D eigenvalue weighted by Gasteiger charge is -2.01. The molecular weight excluding hydrogens is 208 g/mol. The minimum Gasteiger partial charge on any atom is -0.478 e. The summed E-state index contributed by atoms with van der Waals surface area (Å²) in [7, 11) is 0. The Labute approximate surface area is 92.8 Å². The van der Waals surface area contributed by atoms with Gasteiger partial charge in [-0.15, -0.1) is 0 Å². The second-order valence-electron chi connectivity index (χ2n) is 3.07. The topological polar surface area (TPSA) is 79.3 Å². The first kappa shape index (κ1) is 11.9. The Morgan fingerprint density at radius 2 is 2.25 bits per heavy atom. The molecular formula is C11H12N2O3. The van der Waals surface area contributed by atoms with Gasteiger partial charge in [0, 0.05) is 31.1 Å². The van der Waals surface area contributed by atoms with Crippen molar-refractivity contribution in [1.82, 2.24) is 10.3 Å². The van der Waals surface area contributed by atoms with Gasteiger partial charge in [-0.2, -0.15) is 0 Å². The molecule has 0 aliphatic carbocycles. The molecule has 0 fully saturated rings. The highest BCUT2D eigenvalue weighted by atomic mass is 16.4. The fraction of sp³-hybridized carbons (Fsp3) is 0.182. The van der Waals surface area contributed by atoms with Crippen LogP contribution in [0, 0.1) is 0 Å². The van der Waals surface area contributed by atoms with E-state index in [9.17, 15) is 9.59 Å². The van der Waals surface area contributed by atoms with Crippen molar-refractivity contribution in [3.05, 3.63) is 42.2 Å². The first-order valence-electron chi connectivity index (χ1n) is 4.76. The number of carbonyl (C=O) groups is 2. The molecule has 1 rings (SSSR count). The maximum Gasteiger partial charge on any atom is 0.328 e. The molecule has 0 spiro atoms. The molecule has 0 aromatic carbocycles. The van der Waals surface area contributed by atoms with Gasteiger partial charge in [-0.3, -0.25) is 9.78 Å². The second-order valence-corrected chi connectivity index (χ2v) is 3.07. The molecule has 0 bridgehead atoms. The number of nitrogens with zero attached hydrogens (tertiary/aromatic N) is 1. The zero-order valence-corrected chi connectivity index (χ0v) is 8.59. The summed E-state index contributed by atoms with van der Waals surface area (Å²) in [4.78, 5) is 25.1. The van der Waals surface area contributed by atoms with Crippen molar-refractivity contribution in [1.29, 1.82) is 0 Å². The van der Waals surface area contributed by atoms with Crippen LogP contribution < -0.4 is 5.32 Å². The maximum atomic E-state index is 11.1. The smallest absolute Gasteiger partial charge is 0.328 e. The number of nitrogens with one attached hydrogen (secondary N) is 1. The van der Waals surface area contributed by atoms with Crippen LogP contribution in [0.15, 0.2) is 36.7 Å². The third-order valence-electron chi connectivity index (χ3n) is 1.81. The average molecular weight is 220 g/mol. The Balaban J connectivity index is 2.26. The Kier molecular flexibility index (Phi) is 4.72. The fourth-order valence-corrected chi connectivity index (χ4v) is 1.08. The molecule has 1 aromatic heterocycles.